The lowest BCUT2D eigenvalue weighted by Crippen LogP contribution is -2.44. The lowest BCUT2D eigenvalue weighted by Gasteiger charge is -2.16. The molecule has 0 aliphatic rings. The summed E-state index contributed by atoms with van der Waals surface area (Å²) < 4.78 is 16.1. The van der Waals surface area contributed by atoms with E-state index in [1.807, 2.05) is 18.2 Å². The van der Waals surface area contributed by atoms with Gasteiger partial charge < -0.3 is 11.1 Å². The summed E-state index contributed by atoms with van der Waals surface area (Å²) in [5, 5.41) is 2.86. The van der Waals surface area contributed by atoms with Crippen molar-refractivity contribution in [2.24, 2.45) is 0 Å². The highest BCUT2D eigenvalue weighted by atomic mass is 35.5. The van der Waals surface area contributed by atoms with Crippen molar-refractivity contribution in [2.45, 2.75) is 20.0 Å². The van der Waals surface area contributed by atoms with Gasteiger partial charge in [0.15, 0.2) is 5.78 Å². The number of nitrogens with one attached hydrogen (secondary N) is 1. The number of nitrogens with two attached hydrogens (primary N) is 1. The SMILES string of the molecule is CCn1c(=O)c(C(=O)CNc2ccc(Cl)cc2F)c(N)n(Cc2ccccc2)c1=O. The molecule has 0 saturated heterocycles. The molecular weight excluding hydrogens is 411 g/mol. The van der Waals surface area contributed by atoms with Gasteiger partial charge in [-0.15, -0.1) is 0 Å². The van der Waals surface area contributed by atoms with Crippen LogP contribution in [0.25, 0.3) is 0 Å². The minimum Gasteiger partial charge on any atom is -0.384 e. The Morgan fingerprint density at radius 3 is 2.47 bits per heavy atom. The summed E-state index contributed by atoms with van der Waals surface area (Å²) in [5.74, 6) is -1.51. The molecule has 3 aromatic rings. The van der Waals surface area contributed by atoms with E-state index in [1.54, 1.807) is 19.1 Å². The lowest BCUT2D eigenvalue weighted by molar-refractivity contribution is 0.100. The van der Waals surface area contributed by atoms with Gasteiger partial charge in [-0.05, 0) is 30.7 Å². The fourth-order valence-corrected chi connectivity index (χ4v) is 3.23. The number of hydrogen-bond donors (Lipinski definition) is 2. The molecule has 1 heterocycles. The van der Waals surface area contributed by atoms with E-state index in [0.717, 1.165) is 16.2 Å². The van der Waals surface area contributed by atoms with E-state index < -0.39 is 22.8 Å². The molecule has 0 saturated carbocycles. The molecule has 0 atom stereocenters. The lowest BCUT2D eigenvalue weighted by atomic mass is 10.1. The molecule has 0 aliphatic carbocycles. The average molecular weight is 431 g/mol. The van der Waals surface area contributed by atoms with Crippen molar-refractivity contribution in [3.63, 3.8) is 0 Å². The van der Waals surface area contributed by atoms with E-state index in [9.17, 15) is 18.8 Å². The first-order chi connectivity index (χ1) is 14.3. The van der Waals surface area contributed by atoms with Gasteiger partial charge in [0.2, 0.25) is 0 Å². The van der Waals surface area contributed by atoms with E-state index >= 15 is 0 Å². The second kappa shape index (κ2) is 8.96. The smallest absolute Gasteiger partial charge is 0.332 e. The first kappa shape index (κ1) is 21.3. The van der Waals surface area contributed by atoms with E-state index in [4.69, 9.17) is 17.3 Å². The van der Waals surface area contributed by atoms with Crippen molar-refractivity contribution in [1.29, 1.82) is 0 Å². The molecule has 0 bridgehead atoms. The van der Waals surface area contributed by atoms with Gasteiger partial charge in [0.05, 0.1) is 18.8 Å². The van der Waals surface area contributed by atoms with E-state index in [-0.39, 0.29) is 41.7 Å². The maximum absolute atomic E-state index is 13.9. The maximum Gasteiger partial charge on any atom is 0.332 e. The van der Waals surface area contributed by atoms with Crippen LogP contribution in [0.3, 0.4) is 0 Å². The summed E-state index contributed by atoms with van der Waals surface area (Å²) in [6.45, 7) is 1.42. The second-order valence-electron chi connectivity index (χ2n) is 6.56. The van der Waals surface area contributed by atoms with Crippen molar-refractivity contribution < 1.29 is 9.18 Å². The van der Waals surface area contributed by atoms with E-state index in [1.165, 1.54) is 16.7 Å². The van der Waals surface area contributed by atoms with Crippen molar-refractivity contribution in [3.8, 4) is 0 Å². The summed E-state index contributed by atoms with van der Waals surface area (Å²) >= 11 is 5.72. The Morgan fingerprint density at radius 2 is 1.83 bits per heavy atom. The van der Waals surface area contributed by atoms with Crippen LogP contribution in [-0.4, -0.2) is 21.5 Å². The molecule has 0 unspecified atom stereocenters. The number of ketones is 1. The Hall–Kier alpha value is -3.39. The number of carbonyl (C=O) groups excluding carboxylic acids is 1. The van der Waals surface area contributed by atoms with Crippen molar-refractivity contribution in [2.75, 3.05) is 17.6 Å². The molecule has 3 N–H and O–H groups in total. The van der Waals surface area contributed by atoms with Crippen LogP contribution < -0.4 is 22.3 Å². The molecule has 7 nitrogen and oxygen atoms in total. The molecule has 0 amide bonds. The molecule has 1 aromatic heterocycles. The van der Waals surface area contributed by atoms with E-state index in [2.05, 4.69) is 5.32 Å². The Morgan fingerprint density at radius 1 is 1.13 bits per heavy atom. The Balaban J connectivity index is 1.98. The zero-order valence-electron chi connectivity index (χ0n) is 16.2. The summed E-state index contributed by atoms with van der Waals surface area (Å²) in [6, 6.07) is 13.0. The van der Waals surface area contributed by atoms with Gasteiger partial charge in [-0.25, -0.2) is 9.18 Å². The van der Waals surface area contributed by atoms with Gasteiger partial charge in [-0.3, -0.25) is 18.7 Å². The number of aromatic nitrogens is 2. The molecule has 0 spiro atoms. The molecule has 9 heteroatoms. The van der Waals surface area contributed by atoms with Gasteiger partial charge in [-0.1, -0.05) is 41.9 Å². The number of Topliss-reactive ketones (excluding diaryl/α,β-unsaturated/α-hetero) is 1. The van der Waals surface area contributed by atoms with Crippen LogP contribution in [0.2, 0.25) is 5.02 Å². The number of nitrogen functional groups attached to an aromatic ring is 1. The highest BCUT2D eigenvalue weighted by Gasteiger charge is 2.22. The highest BCUT2D eigenvalue weighted by molar-refractivity contribution is 6.30. The number of benzene rings is 2. The van der Waals surface area contributed by atoms with Crippen molar-refractivity contribution in [1.82, 2.24) is 9.13 Å². The number of anilines is 2. The molecule has 0 aliphatic heterocycles. The first-order valence-corrected chi connectivity index (χ1v) is 9.60. The molecule has 156 valence electrons. The van der Waals surface area contributed by atoms with Gasteiger partial charge in [-0.2, -0.15) is 0 Å². The summed E-state index contributed by atoms with van der Waals surface area (Å²) in [6.07, 6.45) is 0. The largest absolute Gasteiger partial charge is 0.384 e. The third kappa shape index (κ3) is 4.28. The topological polar surface area (TPSA) is 99.1 Å². The van der Waals surface area contributed by atoms with Crippen LogP contribution in [-0.2, 0) is 13.1 Å². The molecule has 0 radical (unpaired) electrons. The predicted octanol–water partition coefficient (Wildman–Crippen LogP) is 2.75. The number of nitrogens with zero attached hydrogens (tertiary/aromatic N) is 2. The van der Waals surface area contributed by atoms with Gasteiger partial charge >= 0.3 is 5.69 Å². The zero-order chi connectivity index (χ0) is 21.8. The minimum absolute atomic E-state index is 0.0553. The molecule has 3 rings (SSSR count). The van der Waals surface area contributed by atoms with Crippen LogP contribution in [0, 0.1) is 5.82 Å². The number of hydrogen-bond acceptors (Lipinski definition) is 5. The molecule has 0 fully saturated rings. The van der Waals surface area contributed by atoms with Gasteiger partial charge in [0.25, 0.3) is 5.56 Å². The normalized spacial score (nSPS) is 10.8. The number of rotatable bonds is 7. The fraction of sp³-hybridized carbons (Fsp3) is 0.190. The summed E-state index contributed by atoms with van der Waals surface area (Å²) in [4.78, 5) is 38.3. The molecular formula is C21H20ClFN4O3. The van der Waals surface area contributed by atoms with Crippen molar-refractivity contribution in [3.05, 3.63) is 91.3 Å². The molecule has 30 heavy (non-hydrogen) atoms. The monoisotopic (exact) mass is 430 g/mol. The van der Waals surface area contributed by atoms with Gasteiger partial charge in [0.1, 0.15) is 17.2 Å². The average Bonchev–Trinajstić information content (AvgIpc) is 2.71. The quantitative estimate of drug-likeness (QED) is 0.561. The van der Waals surface area contributed by atoms with Gasteiger partial charge in [0, 0.05) is 11.6 Å². The Labute approximate surface area is 176 Å². The Bertz CT molecular complexity index is 1210. The van der Waals surface area contributed by atoms with Crippen LogP contribution in [0.1, 0.15) is 22.8 Å². The highest BCUT2D eigenvalue weighted by Crippen LogP contribution is 2.19. The fourth-order valence-electron chi connectivity index (χ4n) is 3.07. The Kier molecular flexibility index (Phi) is 6.37. The van der Waals surface area contributed by atoms with Crippen LogP contribution in [0.5, 0.6) is 0 Å². The molecule has 2 aromatic carbocycles. The maximum atomic E-state index is 13.9. The number of carbonyl (C=O) groups is 1. The minimum atomic E-state index is -0.771. The summed E-state index contributed by atoms with van der Waals surface area (Å²) in [7, 11) is 0. The standard InChI is InChI=1S/C21H20ClFN4O3/c1-2-26-20(29)18(17(28)11-25-16-9-8-14(22)10-15(16)23)19(24)27(21(26)30)12-13-6-4-3-5-7-13/h3-10,25H,2,11-12,24H2,1H3. The zero-order valence-corrected chi connectivity index (χ0v) is 16.9. The number of halogens is 2. The van der Waals surface area contributed by atoms with Crippen LogP contribution in [0.4, 0.5) is 15.9 Å². The third-order valence-electron chi connectivity index (χ3n) is 4.62. The third-order valence-corrected chi connectivity index (χ3v) is 4.85. The second-order valence-corrected chi connectivity index (χ2v) is 7.00. The first-order valence-electron chi connectivity index (χ1n) is 9.22. The predicted molar refractivity (Wildman–Crippen MR) is 115 cm³/mol. The van der Waals surface area contributed by atoms with Crippen molar-refractivity contribution >= 4 is 28.9 Å². The summed E-state index contributed by atoms with van der Waals surface area (Å²) in [5.41, 5.74) is 5.24. The van der Waals surface area contributed by atoms with Crippen LogP contribution >= 0.6 is 11.6 Å². The van der Waals surface area contributed by atoms with Crippen LogP contribution in [0.15, 0.2) is 58.1 Å². The van der Waals surface area contributed by atoms with E-state index in [0.29, 0.717) is 0 Å².